The summed E-state index contributed by atoms with van der Waals surface area (Å²) in [6.07, 6.45) is 4.41. The number of unbranched alkanes of at least 4 members (excludes halogenated alkanes) is 1. The van der Waals surface area contributed by atoms with Crippen LogP contribution in [-0.4, -0.2) is 51.5 Å². The van der Waals surface area contributed by atoms with E-state index in [1.54, 1.807) is 19.1 Å². The lowest BCUT2D eigenvalue weighted by molar-refractivity contribution is 0.0730. The van der Waals surface area contributed by atoms with Gasteiger partial charge in [-0.15, -0.1) is 0 Å². The van der Waals surface area contributed by atoms with Gasteiger partial charge in [0.25, 0.3) is 5.91 Å². The summed E-state index contributed by atoms with van der Waals surface area (Å²) in [5.74, 6) is 0.235. The van der Waals surface area contributed by atoms with Gasteiger partial charge in [-0.05, 0) is 37.0 Å². The number of amides is 1. The molecule has 0 radical (unpaired) electrons. The van der Waals surface area contributed by atoms with Crippen LogP contribution >= 0.6 is 0 Å². The Morgan fingerprint density at radius 3 is 2.59 bits per heavy atom. The summed E-state index contributed by atoms with van der Waals surface area (Å²) in [7, 11) is -3.62. The van der Waals surface area contributed by atoms with Crippen LogP contribution in [-0.2, 0) is 14.8 Å². The fourth-order valence-corrected chi connectivity index (χ4v) is 4.89. The quantitative estimate of drug-likeness (QED) is 0.696. The van der Waals surface area contributed by atoms with E-state index in [4.69, 9.17) is 4.74 Å². The van der Waals surface area contributed by atoms with Crippen LogP contribution < -0.4 is 5.32 Å². The molecule has 1 aromatic carbocycles. The normalized spacial score (nSPS) is 16.9. The zero-order valence-electron chi connectivity index (χ0n) is 16.7. The van der Waals surface area contributed by atoms with E-state index in [0.717, 1.165) is 25.7 Å². The molecule has 7 heteroatoms. The minimum atomic E-state index is -3.62. The number of aryl methyl sites for hydroxylation is 1. The molecule has 1 atom stereocenters. The van der Waals surface area contributed by atoms with Crippen LogP contribution in [0.25, 0.3) is 0 Å². The number of nitrogens with zero attached hydrogens (tertiary/aromatic N) is 1. The molecular weight excluding hydrogens is 364 g/mol. The van der Waals surface area contributed by atoms with Crippen LogP contribution in [0, 0.1) is 12.8 Å². The molecule has 0 saturated carbocycles. The first-order valence-corrected chi connectivity index (χ1v) is 11.3. The molecule has 1 aliphatic heterocycles. The molecule has 6 nitrogen and oxygen atoms in total. The lowest BCUT2D eigenvalue weighted by atomic mass is 9.99. The number of carbonyl (C=O) groups is 1. The molecule has 152 valence electrons. The van der Waals surface area contributed by atoms with Crippen LogP contribution in [0.15, 0.2) is 23.1 Å². The molecule has 1 N–H and O–H groups in total. The van der Waals surface area contributed by atoms with Crippen molar-refractivity contribution in [2.75, 3.05) is 32.8 Å². The average Bonchev–Trinajstić information content (AvgIpc) is 2.68. The highest BCUT2D eigenvalue weighted by atomic mass is 32.2. The molecule has 1 aliphatic rings. The minimum Gasteiger partial charge on any atom is -0.379 e. The van der Waals surface area contributed by atoms with Crippen molar-refractivity contribution in [2.45, 2.75) is 51.3 Å². The number of benzene rings is 1. The van der Waals surface area contributed by atoms with E-state index in [1.165, 1.54) is 10.4 Å². The summed E-state index contributed by atoms with van der Waals surface area (Å²) in [6, 6.07) is 4.90. The Morgan fingerprint density at radius 2 is 1.96 bits per heavy atom. The Balaban J connectivity index is 2.12. The summed E-state index contributed by atoms with van der Waals surface area (Å²) in [6.45, 7) is 8.14. The predicted molar refractivity (Wildman–Crippen MR) is 106 cm³/mol. The van der Waals surface area contributed by atoms with Crippen molar-refractivity contribution in [1.82, 2.24) is 9.62 Å². The van der Waals surface area contributed by atoms with E-state index in [9.17, 15) is 13.2 Å². The minimum absolute atomic E-state index is 0.204. The number of hydrogen-bond acceptors (Lipinski definition) is 4. The second-order valence-corrected chi connectivity index (χ2v) is 9.03. The highest BCUT2D eigenvalue weighted by molar-refractivity contribution is 7.89. The fourth-order valence-electron chi connectivity index (χ4n) is 3.23. The van der Waals surface area contributed by atoms with Gasteiger partial charge in [0.1, 0.15) is 0 Å². The number of rotatable bonds is 9. The van der Waals surface area contributed by atoms with Crippen molar-refractivity contribution < 1.29 is 17.9 Å². The van der Waals surface area contributed by atoms with Crippen molar-refractivity contribution in [3.05, 3.63) is 29.3 Å². The summed E-state index contributed by atoms with van der Waals surface area (Å²) in [5, 5.41) is 2.97. The lowest BCUT2D eigenvalue weighted by Crippen LogP contribution is -2.41. The zero-order chi connectivity index (χ0) is 19.9. The van der Waals surface area contributed by atoms with E-state index in [1.807, 2.05) is 0 Å². The standard InChI is InChI=1S/C20H32N2O4S/c1-4-6-7-17(5-2)15-21-20(23)18-9-8-16(3)19(14-18)27(24,25)22-10-12-26-13-11-22/h8-9,14,17H,4-7,10-13,15H2,1-3H3,(H,21,23). The molecule has 27 heavy (non-hydrogen) atoms. The van der Waals surface area contributed by atoms with Crippen LogP contribution in [0.2, 0.25) is 0 Å². The van der Waals surface area contributed by atoms with E-state index in [2.05, 4.69) is 19.2 Å². The van der Waals surface area contributed by atoms with Gasteiger partial charge in [0.2, 0.25) is 10.0 Å². The predicted octanol–water partition coefficient (Wildman–Crippen LogP) is 2.96. The van der Waals surface area contributed by atoms with Gasteiger partial charge in [0.05, 0.1) is 18.1 Å². The number of sulfonamides is 1. The molecule has 2 rings (SSSR count). The van der Waals surface area contributed by atoms with Crippen LogP contribution in [0.4, 0.5) is 0 Å². The maximum Gasteiger partial charge on any atom is 0.251 e. The monoisotopic (exact) mass is 396 g/mol. The van der Waals surface area contributed by atoms with Gasteiger partial charge in [0, 0.05) is 25.2 Å². The first-order chi connectivity index (χ1) is 12.9. The Bertz CT molecular complexity index is 727. The number of morpholine rings is 1. The molecule has 0 aliphatic carbocycles. The van der Waals surface area contributed by atoms with Gasteiger partial charge < -0.3 is 10.1 Å². The summed E-state index contributed by atoms with van der Waals surface area (Å²) in [4.78, 5) is 12.8. The second kappa shape index (κ2) is 10.2. The van der Waals surface area contributed by atoms with Crippen molar-refractivity contribution >= 4 is 15.9 Å². The number of ether oxygens (including phenoxy) is 1. The van der Waals surface area contributed by atoms with Crippen molar-refractivity contribution in [3.63, 3.8) is 0 Å². The maximum absolute atomic E-state index is 13.0. The van der Waals surface area contributed by atoms with E-state index in [-0.39, 0.29) is 10.8 Å². The molecule has 1 saturated heterocycles. The van der Waals surface area contributed by atoms with Crippen molar-refractivity contribution in [2.24, 2.45) is 5.92 Å². The van der Waals surface area contributed by atoms with Gasteiger partial charge in [-0.1, -0.05) is 39.2 Å². The second-order valence-electron chi connectivity index (χ2n) is 7.12. The third-order valence-corrected chi connectivity index (χ3v) is 7.17. The molecule has 0 spiro atoms. The van der Waals surface area contributed by atoms with Crippen LogP contribution in [0.1, 0.15) is 55.5 Å². The van der Waals surface area contributed by atoms with E-state index < -0.39 is 10.0 Å². The average molecular weight is 397 g/mol. The Hall–Kier alpha value is -1.44. The van der Waals surface area contributed by atoms with Crippen LogP contribution in [0.5, 0.6) is 0 Å². The molecule has 1 unspecified atom stereocenters. The maximum atomic E-state index is 13.0. The third kappa shape index (κ3) is 5.77. The summed E-state index contributed by atoms with van der Waals surface area (Å²) in [5.41, 5.74) is 1.03. The fraction of sp³-hybridized carbons (Fsp3) is 0.650. The zero-order valence-corrected chi connectivity index (χ0v) is 17.5. The lowest BCUT2D eigenvalue weighted by Gasteiger charge is -2.26. The van der Waals surface area contributed by atoms with Crippen LogP contribution in [0.3, 0.4) is 0 Å². The Labute approximate surface area is 163 Å². The molecule has 0 bridgehead atoms. The van der Waals surface area contributed by atoms with Crippen molar-refractivity contribution in [3.8, 4) is 0 Å². The van der Waals surface area contributed by atoms with Gasteiger partial charge in [0.15, 0.2) is 0 Å². The molecule has 1 fully saturated rings. The largest absolute Gasteiger partial charge is 0.379 e. The number of nitrogens with one attached hydrogen (secondary N) is 1. The molecular formula is C20H32N2O4S. The highest BCUT2D eigenvalue weighted by Gasteiger charge is 2.28. The number of carbonyl (C=O) groups excluding carboxylic acids is 1. The number of hydrogen-bond donors (Lipinski definition) is 1. The molecule has 1 amide bonds. The summed E-state index contributed by atoms with van der Waals surface area (Å²) >= 11 is 0. The van der Waals surface area contributed by atoms with Gasteiger partial charge in [-0.3, -0.25) is 4.79 Å². The highest BCUT2D eigenvalue weighted by Crippen LogP contribution is 2.22. The molecule has 1 aromatic rings. The van der Waals surface area contributed by atoms with Gasteiger partial charge in [-0.2, -0.15) is 4.31 Å². The third-order valence-electron chi connectivity index (χ3n) is 5.13. The molecule has 1 heterocycles. The van der Waals surface area contributed by atoms with Crippen molar-refractivity contribution in [1.29, 1.82) is 0 Å². The van der Waals surface area contributed by atoms with E-state index in [0.29, 0.717) is 49.9 Å². The smallest absolute Gasteiger partial charge is 0.251 e. The van der Waals surface area contributed by atoms with Gasteiger partial charge >= 0.3 is 0 Å². The molecule has 0 aromatic heterocycles. The Kier molecular flexibility index (Phi) is 8.26. The summed E-state index contributed by atoms with van der Waals surface area (Å²) < 4.78 is 32.6. The van der Waals surface area contributed by atoms with E-state index >= 15 is 0 Å². The first kappa shape index (κ1) is 21.9. The topological polar surface area (TPSA) is 75.7 Å². The first-order valence-electron chi connectivity index (χ1n) is 9.86. The van der Waals surface area contributed by atoms with Gasteiger partial charge in [-0.25, -0.2) is 8.42 Å². The Morgan fingerprint density at radius 1 is 1.26 bits per heavy atom. The SMILES string of the molecule is CCCCC(CC)CNC(=O)c1ccc(C)c(S(=O)(=O)N2CCOCC2)c1.